The molecular formula is C21H17Cl2FN6S. The van der Waals surface area contributed by atoms with Crippen LogP contribution in [-0.4, -0.2) is 24.7 Å². The van der Waals surface area contributed by atoms with E-state index < -0.39 is 0 Å². The molecule has 31 heavy (non-hydrogen) atoms. The largest absolute Gasteiger partial charge is 0.330 e. The van der Waals surface area contributed by atoms with Crippen molar-refractivity contribution in [1.29, 1.82) is 0 Å². The van der Waals surface area contributed by atoms with Crippen molar-refractivity contribution in [2.45, 2.75) is 13.1 Å². The van der Waals surface area contributed by atoms with E-state index in [2.05, 4.69) is 20.8 Å². The predicted octanol–water partition coefficient (Wildman–Crippen LogP) is 5.43. The maximum Gasteiger partial charge on any atom is 0.176 e. The van der Waals surface area contributed by atoms with Gasteiger partial charge in [0.05, 0.1) is 25.0 Å². The Morgan fingerprint density at radius 1 is 0.968 bits per heavy atom. The highest BCUT2D eigenvalue weighted by Gasteiger charge is 2.10. The van der Waals surface area contributed by atoms with Crippen molar-refractivity contribution in [3.63, 3.8) is 0 Å². The van der Waals surface area contributed by atoms with E-state index in [0.717, 1.165) is 16.8 Å². The van der Waals surface area contributed by atoms with Crippen LogP contribution in [0.25, 0.3) is 0 Å². The zero-order valence-electron chi connectivity index (χ0n) is 16.1. The second kappa shape index (κ2) is 9.47. The van der Waals surface area contributed by atoms with Crippen LogP contribution in [0.15, 0.2) is 67.1 Å². The van der Waals surface area contributed by atoms with Crippen LogP contribution in [0.1, 0.15) is 11.1 Å². The summed E-state index contributed by atoms with van der Waals surface area (Å²) >= 11 is 17.6. The molecule has 0 aliphatic rings. The lowest BCUT2D eigenvalue weighted by molar-refractivity contribution is 0.619. The Balaban J connectivity index is 1.36. The topological polar surface area (TPSA) is 59.7 Å². The number of nitrogens with one attached hydrogen (secondary N) is 2. The molecule has 2 heterocycles. The summed E-state index contributed by atoms with van der Waals surface area (Å²) in [7, 11) is 0. The molecule has 0 radical (unpaired) electrons. The average Bonchev–Trinajstić information content (AvgIpc) is 3.27. The number of nitrogens with zero attached hydrogens (tertiary/aromatic N) is 4. The first-order valence-corrected chi connectivity index (χ1v) is 10.4. The molecule has 4 rings (SSSR count). The van der Waals surface area contributed by atoms with Crippen molar-refractivity contribution in [3.8, 4) is 0 Å². The van der Waals surface area contributed by atoms with Crippen LogP contribution in [-0.2, 0) is 13.1 Å². The molecule has 0 aliphatic carbocycles. The van der Waals surface area contributed by atoms with Crippen molar-refractivity contribution in [1.82, 2.24) is 19.6 Å². The van der Waals surface area contributed by atoms with Gasteiger partial charge in [0.15, 0.2) is 10.9 Å². The van der Waals surface area contributed by atoms with Crippen molar-refractivity contribution in [2.24, 2.45) is 0 Å². The van der Waals surface area contributed by atoms with Crippen molar-refractivity contribution < 1.29 is 4.39 Å². The third-order valence-corrected chi connectivity index (χ3v) is 5.02. The number of thiocarbonyl (C=S) groups is 1. The van der Waals surface area contributed by atoms with Gasteiger partial charge in [-0.15, -0.1) is 0 Å². The minimum atomic E-state index is -0.296. The van der Waals surface area contributed by atoms with Gasteiger partial charge in [0.1, 0.15) is 10.8 Å². The fourth-order valence-electron chi connectivity index (χ4n) is 2.99. The molecule has 4 aromatic rings. The fraction of sp³-hybridized carbons (Fsp3) is 0.0952. The number of rotatable bonds is 6. The Bertz CT molecular complexity index is 1220. The highest BCUT2D eigenvalue weighted by Crippen LogP contribution is 2.21. The Morgan fingerprint density at radius 2 is 1.71 bits per heavy atom. The van der Waals surface area contributed by atoms with Crippen LogP contribution in [0.5, 0.6) is 0 Å². The SMILES string of the molecule is Fc1cccc(Cn2cc(Cl)c(NC(=S)Nc3cnn(Cc4cccc(Cl)c4)c3)n2)c1. The van der Waals surface area contributed by atoms with Gasteiger partial charge in [-0.2, -0.15) is 10.2 Å². The Hall–Kier alpha value is -2.94. The molecular weight excluding hydrogens is 458 g/mol. The molecule has 0 atom stereocenters. The molecule has 0 fully saturated rings. The zero-order valence-corrected chi connectivity index (χ0v) is 18.4. The van der Waals surface area contributed by atoms with Crippen molar-refractivity contribution in [3.05, 3.63) is 94.1 Å². The molecule has 0 spiro atoms. The summed E-state index contributed by atoms with van der Waals surface area (Å²) in [6, 6.07) is 13.9. The van der Waals surface area contributed by atoms with Gasteiger partial charge in [-0.1, -0.05) is 47.5 Å². The van der Waals surface area contributed by atoms with Gasteiger partial charge in [-0.25, -0.2) is 4.39 Å². The molecule has 2 aromatic heterocycles. The molecule has 0 bridgehead atoms. The first-order valence-electron chi connectivity index (χ1n) is 9.27. The van der Waals surface area contributed by atoms with Crippen LogP contribution in [0.4, 0.5) is 15.9 Å². The van der Waals surface area contributed by atoms with Crippen LogP contribution < -0.4 is 10.6 Å². The number of anilines is 2. The smallest absolute Gasteiger partial charge is 0.176 e. The Kier molecular flexibility index (Phi) is 6.50. The molecule has 2 N–H and O–H groups in total. The van der Waals surface area contributed by atoms with Crippen LogP contribution in [0, 0.1) is 5.82 Å². The van der Waals surface area contributed by atoms with Gasteiger partial charge in [0.25, 0.3) is 0 Å². The van der Waals surface area contributed by atoms with Crippen molar-refractivity contribution >= 4 is 52.0 Å². The summed E-state index contributed by atoms with van der Waals surface area (Å²) in [5.74, 6) is 0.109. The van der Waals surface area contributed by atoms with Crippen molar-refractivity contribution in [2.75, 3.05) is 10.6 Å². The fourth-order valence-corrected chi connectivity index (χ4v) is 3.62. The van der Waals surface area contributed by atoms with Gasteiger partial charge in [-0.05, 0) is 47.6 Å². The number of aromatic nitrogens is 4. The Labute approximate surface area is 193 Å². The molecule has 10 heteroatoms. The van der Waals surface area contributed by atoms with E-state index in [-0.39, 0.29) is 5.82 Å². The predicted molar refractivity (Wildman–Crippen MR) is 125 cm³/mol. The molecule has 0 aliphatic heterocycles. The van der Waals surface area contributed by atoms with E-state index in [9.17, 15) is 4.39 Å². The van der Waals surface area contributed by atoms with Gasteiger partial charge in [-0.3, -0.25) is 9.36 Å². The maximum absolute atomic E-state index is 13.4. The normalized spacial score (nSPS) is 10.8. The third kappa shape index (κ3) is 5.81. The van der Waals surface area contributed by atoms with E-state index in [1.807, 2.05) is 36.5 Å². The number of benzene rings is 2. The van der Waals surface area contributed by atoms with E-state index in [1.165, 1.54) is 12.1 Å². The van der Waals surface area contributed by atoms with E-state index in [0.29, 0.717) is 34.1 Å². The minimum absolute atomic E-state index is 0.296. The monoisotopic (exact) mass is 474 g/mol. The Morgan fingerprint density at radius 3 is 2.48 bits per heavy atom. The first-order chi connectivity index (χ1) is 14.9. The van der Waals surface area contributed by atoms with E-state index >= 15 is 0 Å². The number of hydrogen-bond acceptors (Lipinski definition) is 3. The van der Waals surface area contributed by atoms with E-state index in [4.69, 9.17) is 35.4 Å². The quantitative estimate of drug-likeness (QED) is 0.364. The highest BCUT2D eigenvalue weighted by molar-refractivity contribution is 7.80. The summed E-state index contributed by atoms with van der Waals surface area (Å²) in [5, 5.41) is 16.1. The molecule has 0 amide bonds. The van der Waals surface area contributed by atoms with Gasteiger partial charge < -0.3 is 10.6 Å². The average molecular weight is 475 g/mol. The number of halogens is 3. The highest BCUT2D eigenvalue weighted by atomic mass is 35.5. The van der Waals surface area contributed by atoms with Crippen LogP contribution in [0.2, 0.25) is 10.0 Å². The first kappa shape index (κ1) is 21.3. The maximum atomic E-state index is 13.4. The molecule has 0 saturated carbocycles. The summed E-state index contributed by atoms with van der Waals surface area (Å²) in [6.07, 6.45) is 5.15. The molecule has 2 aromatic carbocycles. The second-order valence-electron chi connectivity index (χ2n) is 6.79. The van der Waals surface area contributed by atoms with Crippen LogP contribution in [0.3, 0.4) is 0 Å². The lowest BCUT2D eigenvalue weighted by Gasteiger charge is -2.07. The summed E-state index contributed by atoms with van der Waals surface area (Å²) in [6.45, 7) is 0.967. The summed E-state index contributed by atoms with van der Waals surface area (Å²) < 4.78 is 16.8. The lowest BCUT2D eigenvalue weighted by atomic mass is 10.2. The van der Waals surface area contributed by atoms with E-state index in [1.54, 1.807) is 27.8 Å². The standard InChI is InChI=1S/C21H17Cl2FN6S/c22-16-5-1-3-14(7-16)10-29-12-18(9-25-29)26-21(31)27-20-19(23)13-30(28-20)11-15-4-2-6-17(24)8-15/h1-9,12-13H,10-11H2,(H2,26,27,28,31). The van der Waals surface area contributed by atoms with Crippen LogP contribution >= 0.6 is 35.4 Å². The van der Waals surface area contributed by atoms with Gasteiger partial charge in [0, 0.05) is 17.4 Å². The summed E-state index contributed by atoms with van der Waals surface area (Å²) in [5.41, 5.74) is 2.53. The molecule has 0 saturated heterocycles. The zero-order chi connectivity index (χ0) is 21.8. The lowest BCUT2D eigenvalue weighted by Crippen LogP contribution is -2.19. The number of hydrogen-bond donors (Lipinski definition) is 2. The minimum Gasteiger partial charge on any atom is -0.330 e. The molecule has 0 unspecified atom stereocenters. The van der Waals surface area contributed by atoms with Gasteiger partial charge >= 0.3 is 0 Å². The molecule has 6 nitrogen and oxygen atoms in total. The summed E-state index contributed by atoms with van der Waals surface area (Å²) in [4.78, 5) is 0. The van der Waals surface area contributed by atoms with Gasteiger partial charge in [0.2, 0.25) is 0 Å². The molecule has 158 valence electrons. The third-order valence-electron chi connectivity index (χ3n) is 4.31. The second-order valence-corrected chi connectivity index (χ2v) is 8.04.